The Hall–Kier alpha value is -1.73. The van der Waals surface area contributed by atoms with Crippen LogP contribution in [0.25, 0.3) is 0 Å². The number of hydrogen-bond donors (Lipinski definition) is 1. The van der Waals surface area contributed by atoms with Crippen LogP contribution in [0.15, 0.2) is 24.5 Å². The fourth-order valence-electron chi connectivity index (χ4n) is 1.39. The zero-order valence-corrected chi connectivity index (χ0v) is 8.18. The van der Waals surface area contributed by atoms with E-state index in [-0.39, 0.29) is 0 Å². The minimum absolute atomic E-state index is 0.331. The van der Waals surface area contributed by atoms with Crippen LogP contribution in [0.4, 0.5) is 4.79 Å². The lowest BCUT2D eigenvalue weighted by atomic mass is 9.95. The van der Waals surface area contributed by atoms with E-state index in [1.54, 1.807) is 6.08 Å². The highest BCUT2D eigenvalue weighted by atomic mass is 16.7. The minimum atomic E-state index is -0.833. The van der Waals surface area contributed by atoms with Gasteiger partial charge in [-0.2, -0.15) is 0 Å². The van der Waals surface area contributed by atoms with E-state index in [9.17, 15) is 9.90 Å². The van der Waals surface area contributed by atoms with Crippen molar-refractivity contribution < 1.29 is 19.4 Å². The summed E-state index contributed by atoms with van der Waals surface area (Å²) >= 11 is 0. The first-order valence-electron chi connectivity index (χ1n) is 4.49. The first kappa shape index (κ1) is 11.3. The van der Waals surface area contributed by atoms with Crippen LogP contribution in [0.3, 0.4) is 0 Å². The summed E-state index contributed by atoms with van der Waals surface area (Å²) in [7, 11) is 0. The predicted molar refractivity (Wildman–Crippen MR) is 53.7 cm³/mol. The Labute approximate surface area is 88.2 Å². The average molecular weight is 208 g/mol. The Morgan fingerprint density at radius 2 is 2.53 bits per heavy atom. The number of hydrogen-bond acceptors (Lipinski definition) is 4. The van der Waals surface area contributed by atoms with Crippen molar-refractivity contribution in [3.8, 4) is 12.3 Å². The first-order chi connectivity index (χ1) is 7.15. The van der Waals surface area contributed by atoms with Crippen LogP contribution >= 0.6 is 0 Å². The van der Waals surface area contributed by atoms with Crippen LogP contribution in [-0.2, 0) is 9.47 Å². The van der Waals surface area contributed by atoms with E-state index >= 15 is 0 Å². The van der Waals surface area contributed by atoms with Gasteiger partial charge in [0.25, 0.3) is 0 Å². The highest BCUT2D eigenvalue weighted by molar-refractivity contribution is 5.61. The summed E-state index contributed by atoms with van der Waals surface area (Å²) in [6.07, 6.45) is 6.58. The normalized spacial score (nSPS) is 24.7. The minimum Gasteiger partial charge on any atom is -0.430 e. The molecule has 4 heteroatoms. The monoisotopic (exact) mass is 208 g/mol. The van der Waals surface area contributed by atoms with Crippen molar-refractivity contribution in [3.63, 3.8) is 0 Å². The molecule has 0 saturated heterocycles. The maximum Gasteiger partial charge on any atom is 0.513 e. The highest BCUT2D eigenvalue weighted by Gasteiger charge is 2.23. The van der Waals surface area contributed by atoms with E-state index in [0.29, 0.717) is 18.4 Å². The van der Waals surface area contributed by atoms with Gasteiger partial charge in [0, 0.05) is 18.4 Å². The molecule has 1 aliphatic rings. The number of aliphatic hydroxyl groups is 1. The third-order valence-corrected chi connectivity index (χ3v) is 1.97. The molecule has 0 aliphatic heterocycles. The Kier molecular flexibility index (Phi) is 3.95. The molecule has 1 aliphatic carbocycles. The van der Waals surface area contributed by atoms with E-state index in [0.717, 1.165) is 6.26 Å². The summed E-state index contributed by atoms with van der Waals surface area (Å²) in [5.74, 6) is 2.42. The van der Waals surface area contributed by atoms with Crippen molar-refractivity contribution in [2.24, 2.45) is 0 Å². The second-order valence-corrected chi connectivity index (χ2v) is 3.12. The van der Waals surface area contributed by atoms with Crippen LogP contribution in [0, 0.1) is 12.3 Å². The van der Waals surface area contributed by atoms with Crippen molar-refractivity contribution in [1.82, 2.24) is 0 Å². The molecule has 80 valence electrons. The molecular formula is C11H12O4. The van der Waals surface area contributed by atoms with E-state index in [1.807, 2.05) is 0 Å². The molecule has 2 atom stereocenters. The van der Waals surface area contributed by atoms with Gasteiger partial charge in [-0.05, 0) is 6.08 Å². The zero-order valence-electron chi connectivity index (χ0n) is 8.18. The Morgan fingerprint density at radius 3 is 3.13 bits per heavy atom. The van der Waals surface area contributed by atoms with Crippen LogP contribution in [-0.4, -0.2) is 23.5 Å². The molecule has 0 spiro atoms. The van der Waals surface area contributed by atoms with Crippen molar-refractivity contribution in [1.29, 1.82) is 0 Å². The molecule has 0 heterocycles. The maximum absolute atomic E-state index is 10.9. The Balaban J connectivity index is 2.52. The quantitative estimate of drug-likeness (QED) is 0.423. The SMILES string of the molecule is C#CC1=C[C@@H](O)C[C@@H](OC(=O)OC=C)C1. The lowest BCUT2D eigenvalue weighted by Gasteiger charge is -2.23. The van der Waals surface area contributed by atoms with Gasteiger partial charge in [0.2, 0.25) is 0 Å². The van der Waals surface area contributed by atoms with Gasteiger partial charge in [-0.1, -0.05) is 12.5 Å². The largest absolute Gasteiger partial charge is 0.513 e. The summed E-state index contributed by atoms with van der Waals surface area (Å²) < 4.78 is 9.30. The second-order valence-electron chi connectivity index (χ2n) is 3.12. The number of terminal acetylenes is 1. The molecule has 0 saturated carbocycles. The molecule has 0 aromatic heterocycles. The molecule has 0 fully saturated rings. The summed E-state index contributed by atoms with van der Waals surface area (Å²) in [4.78, 5) is 10.9. The van der Waals surface area contributed by atoms with Crippen LogP contribution < -0.4 is 0 Å². The Morgan fingerprint density at radius 1 is 1.80 bits per heavy atom. The second kappa shape index (κ2) is 5.23. The van der Waals surface area contributed by atoms with Gasteiger partial charge in [-0.3, -0.25) is 0 Å². The topological polar surface area (TPSA) is 55.8 Å². The van der Waals surface area contributed by atoms with Crippen LogP contribution in [0.1, 0.15) is 12.8 Å². The van der Waals surface area contributed by atoms with E-state index in [4.69, 9.17) is 11.2 Å². The van der Waals surface area contributed by atoms with Gasteiger partial charge < -0.3 is 14.6 Å². The van der Waals surface area contributed by atoms with Gasteiger partial charge in [0.05, 0.1) is 12.4 Å². The van der Waals surface area contributed by atoms with E-state index in [2.05, 4.69) is 17.2 Å². The number of aliphatic hydroxyl groups excluding tert-OH is 1. The van der Waals surface area contributed by atoms with Crippen molar-refractivity contribution >= 4 is 6.16 Å². The number of carbonyl (C=O) groups is 1. The molecule has 0 unspecified atom stereocenters. The summed E-state index contributed by atoms with van der Waals surface area (Å²) in [6.45, 7) is 3.22. The fourth-order valence-corrected chi connectivity index (χ4v) is 1.39. The number of carbonyl (C=O) groups excluding carboxylic acids is 1. The maximum atomic E-state index is 10.9. The third-order valence-electron chi connectivity index (χ3n) is 1.97. The molecule has 0 aromatic carbocycles. The molecule has 1 rings (SSSR count). The predicted octanol–water partition coefficient (Wildman–Crippen LogP) is 1.37. The molecular weight excluding hydrogens is 196 g/mol. The molecule has 0 aromatic rings. The van der Waals surface area contributed by atoms with Gasteiger partial charge in [0.15, 0.2) is 0 Å². The smallest absolute Gasteiger partial charge is 0.430 e. The zero-order chi connectivity index (χ0) is 11.3. The number of rotatable bonds is 2. The summed E-state index contributed by atoms with van der Waals surface area (Å²) in [6, 6.07) is 0. The van der Waals surface area contributed by atoms with Gasteiger partial charge in [-0.15, -0.1) is 6.42 Å². The van der Waals surface area contributed by atoms with E-state index in [1.165, 1.54) is 0 Å². The third kappa shape index (κ3) is 3.49. The molecule has 0 radical (unpaired) electrons. The van der Waals surface area contributed by atoms with Gasteiger partial charge in [-0.25, -0.2) is 4.79 Å². The molecule has 0 amide bonds. The van der Waals surface area contributed by atoms with Crippen molar-refractivity contribution in [3.05, 3.63) is 24.5 Å². The first-order valence-corrected chi connectivity index (χ1v) is 4.49. The standard InChI is InChI=1S/C11H12O4/c1-3-8-5-9(12)7-10(6-8)15-11(13)14-4-2/h1,4-5,9-10,12H,2,6-7H2/t9-,10+/m1/s1. The summed E-state index contributed by atoms with van der Waals surface area (Å²) in [5, 5.41) is 9.40. The average Bonchev–Trinajstić information content (AvgIpc) is 2.17. The van der Waals surface area contributed by atoms with Crippen LogP contribution in [0.5, 0.6) is 0 Å². The fraction of sp³-hybridized carbons (Fsp3) is 0.364. The molecule has 4 nitrogen and oxygen atoms in total. The van der Waals surface area contributed by atoms with Crippen molar-refractivity contribution in [2.45, 2.75) is 25.0 Å². The lowest BCUT2D eigenvalue weighted by molar-refractivity contribution is 0.0250. The highest BCUT2D eigenvalue weighted by Crippen LogP contribution is 2.21. The van der Waals surface area contributed by atoms with Crippen LogP contribution in [0.2, 0.25) is 0 Å². The number of ether oxygens (including phenoxy) is 2. The van der Waals surface area contributed by atoms with Gasteiger partial charge in [0.1, 0.15) is 6.10 Å². The molecule has 1 N–H and O–H groups in total. The molecule has 15 heavy (non-hydrogen) atoms. The van der Waals surface area contributed by atoms with E-state index < -0.39 is 18.4 Å². The van der Waals surface area contributed by atoms with Gasteiger partial charge >= 0.3 is 6.16 Å². The Bertz CT molecular complexity index is 324. The summed E-state index contributed by atoms with van der Waals surface area (Å²) in [5.41, 5.74) is 0.630. The molecule has 0 bridgehead atoms. The lowest BCUT2D eigenvalue weighted by Crippen LogP contribution is -2.27. The van der Waals surface area contributed by atoms with Crippen molar-refractivity contribution in [2.75, 3.05) is 0 Å².